The Labute approximate surface area is 117 Å². The van der Waals surface area contributed by atoms with E-state index in [1.165, 1.54) is 0 Å². The predicted molar refractivity (Wildman–Crippen MR) is 76.8 cm³/mol. The van der Waals surface area contributed by atoms with Gasteiger partial charge in [-0.3, -0.25) is 4.98 Å². The van der Waals surface area contributed by atoms with Gasteiger partial charge in [0.05, 0.1) is 17.7 Å². The Morgan fingerprint density at radius 2 is 2.35 bits per heavy atom. The molecule has 1 fully saturated rings. The molecule has 0 aliphatic carbocycles. The number of fused-ring (bicyclic) bond motifs is 1. The van der Waals surface area contributed by atoms with Gasteiger partial charge >= 0.3 is 5.76 Å². The molecule has 3 atom stereocenters. The first kappa shape index (κ1) is 13.4. The van der Waals surface area contributed by atoms with Gasteiger partial charge in [0.2, 0.25) is 0 Å². The van der Waals surface area contributed by atoms with Crippen LogP contribution in [0.5, 0.6) is 0 Å². The van der Waals surface area contributed by atoms with Gasteiger partial charge in [0.15, 0.2) is 5.58 Å². The minimum Gasteiger partial charge on any atom is -0.408 e. The average Bonchev–Trinajstić information content (AvgIpc) is 3.00. The van der Waals surface area contributed by atoms with Gasteiger partial charge in [-0.25, -0.2) is 4.79 Å². The molecule has 1 aromatic heterocycles. The van der Waals surface area contributed by atoms with Gasteiger partial charge in [-0.1, -0.05) is 19.9 Å². The van der Waals surface area contributed by atoms with Gasteiger partial charge in [-0.05, 0) is 36.6 Å². The molecule has 1 aliphatic heterocycles. The molecule has 1 saturated heterocycles. The Morgan fingerprint density at radius 1 is 1.50 bits per heavy atom. The Bertz CT molecular complexity index is 646. The van der Waals surface area contributed by atoms with Crippen molar-refractivity contribution in [3.63, 3.8) is 0 Å². The minimum absolute atomic E-state index is 0.127. The van der Waals surface area contributed by atoms with Gasteiger partial charge in [0, 0.05) is 6.61 Å². The predicted octanol–water partition coefficient (Wildman–Crippen LogP) is 2.20. The van der Waals surface area contributed by atoms with Crippen LogP contribution in [0.1, 0.15) is 31.9 Å². The Morgan fingerprint density at radius 3 is 3.05 bits per heavy atom. The van der Waals surface area contributed by atoms with E-state index in [9.17, 15) is 4.79 Å². The number of benzene rings is 1. The highest BCUT2D eigenvalue weighted by atomic mass is 16.5. The van der Waals surface area contributed by atoms with E-state index < -0.39 is 5.76 Å². The highest BCUT2D eigenvalue weighted by Crippen LogP contribution is 2.32. The molecule has 0 saturated carbocycles. The van der Waals surface area contributed by atoms with E-state index in [0.717, 1.165) is 30.7 Å². The van der Waals surface area contributed by atoms with E-state index in [4.69, 9.17) is 9.15 Å². The van der Waals surface area contributed by atoms with Crippen LogP contribution in [0.2, 0.25) is 0 Å². The summed E-state index contributed by atoms with van der Waals surface area (Å²) in [4.78, 5) is 13.9. The molecular formula is C15H20N2O3. The fraction of sp³-hybridized carbons (Fsp3) is 0.533. The zero-order valence-electron chi connectivity index (χ0n) is 11.8. The summed E-state index contributed by atoms with van der Waals surface area (Å²) in [6, 6.07) is 5.96. The summed E-state index contributed by atoms with van der Waals surface area (Å²) in [5.74, 6) is 0.107. The molecular weight excluding hydrogens is 256 g/mol. The SMILES string of the molecule is CCNC(c1ccc2[nH]c(=O)oc2c1)C1OCCC1C. The van der Waals surface area contributed by atoms with Crippen LogP contribution in [-0.2, 0) is 4.74 Å². The second-order valence-corrected chi connectivity index (χ2v) is 5.41. The van der Waals surface area contributed by atoms with E-state index in [1.54, 1.807) is 0 Å². The lowest BCUT2D eigenvalue weighted by molar-refractivity contribution is 0.0612. The summed E-state index contributed by atoms with van der Waals surface area (Å²) in [5.41, 5.74) is 2.43. The van der Waals surface area contributed by atoms with E-state index in [0.29, 0.717) is 11.5 Å². The minimum atomic E-state index is -0.414. The zero-order valence-corrected chi connectivity index (χ0v) is 11.8. The topological polar surface area (TPSA) is 67.3 Å². The van der Waals surface area contributed by atoms with Crippen molar-refractivity contribution in [2.45, 2.75) is 32.4 Å². The monoisotopic (exact) mass is 276 g/mol. The largest absolute Gasteiger partial charge is 0.417 e. The van der Waals surface area contributed by atoms with Gasteiger partial charge in [-0.2, -0.15) is 0 Å². The van der Waals surface area contributed by atoms with Crippen LogP contribution in [0.3, 0.4) is 0 Å². The van der Waals surface area contributed by atoms with Crippen molar-refractivity contribution in [1.82, 2.24) is 10.3 Å². The molecule has 3 rings (SSSR count). The number of likely N-dealkylation sites (N-methyl/N-ethyl adjacent to an activating group) is 1. The number of rotatable bonds is 4. The normalized spacial score (nSPS) is 24.3. The molecule has 0 spiro atoms. The number of H-pyrrole nitrogens is 1. The molecule has 20 heavy (non-hydrogen) atoms. The van der Waals surface area contributed by atoms with Gasteiger partial charge in [0.25, 0.3) is 0 Å². The smallest absolute Gasteiger partial charge is 0.408 e. The molecule has 2 N–H and O–H groups in total. The van der Waals surface area contributed by atoms with Gasteiger partial charge in [-0.15, -0.1) is 0 Å². The van der Waals surface area contributed by atoms with Crippen molar-refractivity contribution < 1.29 is 9.15 Å². The Balaban J connectivity index is 1.97. The van der Waals surface area contributed by atoms with E-state index in [-0.39, 0.29) is 12.1 Å². The highest BCUT2D eigenvalue weighted by molar-refractivity contribution is 5.72. The third-order valence-corrected chi connectivity index (χ3v) is 4.00. The van der Waals surface area contributed by atoms with Crippen LogP contribution in [0.25, 0.3) is 11.1 Å². The molecule has 0 amide bonds. The number of nitrogens with one attached hydrogen (secondary N) is 2. The molecule has 108 valence electrons. The standard InChI is InChI=1S/C15H20N2O3/c1-3-16-13(14-9(2)6-7-19-14)10-4-5-11-12(8-10)20-15(18)17-11/h4-5,8-9,13-14,16H,3,6-7H2,1-2H3,(H,17,18). The van der Waals surface area contributed by atoms with Gasteiger partial charge < -0.3 is 14.5 Å². The van der Waals surface area contributed by atoms with Crippen LogP contribution >= 0.6 is 0 Å². The maximum absolute atomic E-state index is 11.2. The molecule has 2 heterocycles. The number of oxazole rings is 1. The molecule has 5 nitrogen and oxygen atoms in total. The van der Waals surface area contributed by atoms with E-state index in [1.807, 2.05) is 18.2 Å². The van der Waals surface area contributed by atoms with E-state index >= 15 is 0 Å². The van der Waals surface area contributed by atoms with Crippen LogP contribution in [0, 0.1) is 5.92 Å². The molecule has 5 heteroatoms. The maximum Gasteiger partial charge on any atom is 0.417 e. The second-order valence-electron chi connectivity index (χ2n) is 5.41. The second kappa shape index (κ2) is 5.42. The Kier molecular flexibility index (Phi) is 3.63. The Hall–Kier alpha value is -1.59. The highest BCUT2D eigenvalue weighted by Gasteiger charge is 2.32. The van der Waals surface area contributed by atoms with Crippen LogP contribution in [0.15, 0.2) is 27.4 Å². The third kappa shape index (κ3) is 2.39. The third-order valence-electron chi connectivity index (χ3n) is 4.00. The molecule has 0 radical (unpaired) electrons. The number of aromatic amines is 1. The fourth-order valence-corrected chi connectivity index (χ4v) is 2.94. The van der Waals surface area contributed by atoms with Crippen molar-refractivity contribution >= 4 is 11.1 Å². The summed E-state index contributed by atoms with van der Waals surface area (Å²) in [7, 11) is 0. The summed E-state index contributed by atoms with van der Waals surface area (Å²) < 4.78 is 11.0. The van der Waals surface area contributed by atoms with E-state index in [2.05, 4.69) is 24.1 Å². The zero-order chi connectivity index (χ0) is 14.1. The summed E-state index contributed by atoms with van der Waals surface area (Å²) in [6.07, 6.45) is 1.26. The molecule has 3 unspecified atom stereocenters. The average molecular weight is 276 g/mol. The number of hydrogen-bond acceptors (Lipinski definition) is 4. The van der Waals surface area contributed by atoms with Crippen LogP contribution in [0.4, 0.5) is 0 Å². The van der Waals surface area contributed by atoms with Crippen molar-refractivity contribution in [2.24, 2.45) is 5.92 Å². The summed E-state index contributed by atoms with van der Waals surface area (Å²) in [5, 5.41) is 3.49. The molecule has 1 aliphatic rings. The fourth-order valence-electron chi connectivity index (χ4n) is 2.94. The first-order valence-corrected chi connectivity index (χ1v) is 7.17. The molecule has 2 aromatic rings. The van der Waals surface area contributed by atoms with Crippen LogP contribution < -0.4 is 11.1 Å². The first-order chi connectivity index (χ1) is 9.69. The van der Waals surface area contributed by atoms with Crippen molar-refractivity contribution in [2.75, 3.05) is 13.2 Å². The number of ether oxygens (including phenoxy) is 1. The lowest BCUT2D eigenvalue weighted by Crippen LogP contribution is -2.34. The summed E-state index contributed by atoms with van der Waals surface area (Å²) >= 11 is 0. The molecule has 1 aromatic carbocycles. The van der Waals surface area contributed by atoms with Crippen molar-refractivity contribution in [3.8, 4) is 0 Å². The number of aromatic nitrogens is 1. The number of hydrogen-bond donors (Lipinski definition) is 2. The van der Waals surface area contributed by atoms with Gasteiger partial charge in [0.1, 0.15) is 0 Å². The molecule has 0 bridgehead atoms. The van der Waals surface area contributed by atoms with Crippen molar-refractivity contribution in [1.29, 1.82) is 0 Å². The lowest BCUT2D eigenvalue weighted by Gasteiger charge is -2.27. The summed E-state index contributed by atoms with van der Waals surface area (Å²) in [6.45, 7) is 5.99. The maximum atomic E-state index is 11.2. The quantitative estimate of drug-likeness (QED) is 0.898. The van der Waals surface area contributed by atoms with Crippen molar-refractivity contribution in [3.05, 3.63) is 34.3 Å². The van der Waals surface area contributed by atoms with Crippen LogP contribution in [-0.4, -0.2) is 24.2 Å². The lowest BCUT2D eigenvalue weighted by atomic mass is 9.92. The first-order valence-electron chi connectivity index (χ1n) is 7.17.